The largest absolute Gasteiger partial charge is 0.495 e. The van der Waals surface area contributed by atoms with Crippen LogP contribution in [-0.2, 0) is 9.59 Å². The number of amides is 2. The zero-order chi connectivity index (χ0) is 12.8. The molecule has 0 aliphatic heterocycles. The lowest BCUT2D eigenvalue weighted by atomic mass is 10.2. The van der Waals surface area contributed by atoms with Crippen LogP contribution in [0.5, 0.6) is 5.75 Å². The van der Waals surface area contributed by atoms with E-state index in [4.69, 9.17) is 4.74 Å². The second-order valence-corrected chi connectivity index (χ2v) is 3.84. The Morgan fingerprint density at radius 1 is 1.35 bits per heavy atom. The quantitative estimate of drug-likeness (QED) is 0.836. The molecule has 0 spiro atoms. The SMILES string of the molecule is COc1ccc(NC(=O)CBr)cc1NC(C)=O. The second-order valence-electron chi connectivity index (χ2n) is 3.28. The van der Waals surface area contributed by atoms with E-state index in [1.807, 2.05) is 0 Å². The molecule has 0 radical (unpaired) electrons. The molecule has 0 saturated heterocycles. The van der Waals surface area contributed by atoms with Gasteiger partial charge in [0.25, 0.3) is 0 Å². The number of hydrogen-bond acceptors (Lipinski definition) is 3. The van der Waals surface area contributed by atoms with Crippen molar-refractivity contribution in [3.8, 4) is 5.75 Å². The van der Waals surface area contributed by atoms with Crippen molar-refractivity contribution in [2.24, 2.45) is 0 Å². The summed E-state index contributed by atoms with van der Waals surface area (Å²) in [6.07, 6.45) is 0. The topological polar surface area (TPSA) is 67.4 Å². The molecular weight excluding hydrogens is 288 g/mol. The van der Waals surface area contributed by atoms with Gasteiger partial charge in [-0.25, -0.2) is 0 Å². The highest BCUT2D eigenvalue weighted by molar-refractivity contribution is 9.09. The highest BCUT2D eigenvalue weighted by Crippen LogP contribution is 2.27. The van der Waals surface area contributed by atoms with Crippen molar-refractivity contribution in [2.75, 3.05) is 23.1 Å². The third-order valence-electron chi connectivity index (χ3n) is 1.92. The summed E-state index contributed by atoms with van der Waals surface area (Å²) in [7, 11) is 1.51. The van der Waals surface area contributed by atoms with Gasteiger partial charge in [0.2, 0.25) is 11.8 Å². The standard InChI is InChI=1S/C11H13BrN2O3/c1-7(15)13-9-5-8(14-11(16)6-12)3-4-10(9)17-2/h3-5H,6H2,1-2H3,(H,13,15)(H,14,16). The molecule has 2 amide bonds. The van der Waals surface area contributed by atoms with Crippen molar-refractivity contribution < 1.29 is 14.3 Å². The first kappa shape index (κ1) is 13.5. The molecule has 0 aromatic heterocycles. The molecule has 0 aliphatic rings. The van der Waals surface area contributed by atoms with Gasteiger partial charge in [-0.3, -0.25) is 9.59 Å². The summed E-state index contributed by atoms with van der Waals surface area (Å²) in [4.78, 5) is 22.2. The van der Waals surface area contributed by atoms with E-state index in [1.54, 1.807) is 18.2 Å². The van der Waals surface area contributed by atoms with E-state index < -0.39 is 0 Å². The summed E-state index contributed by atoms with van der Waals surface area (Å²) in [6.45, 7) is 1.41. The maximum Gasteiger partial charge on any atom is 0.235 e. The molecule has 17 heavy (non-hydrogen) atoms. The molecule has 1 rings (SSSR count). The molecule has 1 aromatic rings. The van der Waals surface area contributed by atoms with Gasteiger partial charge in [-0.05, 0) is 18.2 Å². The number of anilines is 2. The van der Waals surface area contributed by atoms with Crippen LogP contribution in [0.15, 0.2) is 18.2 Å². The smallest absolute Gasteiger partial charge is 0.235 e. The molecule has 0 saturated carbocycles. The van der Waals surface area contributed by atoms with Gasteiger partial charge in [0.15, 0.2) is 0 Å². The molecule has 5 nitrogen and oxygen atoms in total. The minimum Gasteiger partial charge on any atom is -0.495 e. The van der Waals surface area contributed by atoms with Crippen molar-refractivity contribution in [1.29, 1.82) is 0 Å². The number of benzene rings is 1. The van der Waals surface area contributed by atoms with E-state index in [0.717, 1.165) is 0 Å². The number of ether oxygens (including phenoxy) is 1. The number of carbonyl (C=O) groups is 2. The van der Waals surface area contributed by atoms with Crippen LogP contribution in [0, 0.1) is 0 Å². The number of methoxy groups -OCH3 is 1. The fraction of sp³-hybridized carbons (Fsp3) is 0.273. The number of carbonyl (C=O) groups excluding carboxylic acids is 2. The molecule has 0 unspecified atom stereocenters. The van der Waals surface area contributed by atoms with Crippen LogP contribution in [0.4, 0.5) is 11.4 Å². The fourth-order valence-corrected chi connectivity index (χ4v) is 1.41. The Morgan fingerprint density at radius 2 is 2.06 bits per heavy atom. The maximum absolute atomic E-state index is 11.2. The maximum atomic E-state index is 11.2. The van der Waals surface area contributed by atoms with Crippen LogP contribution in [0.1, 0.15) is 6.92 Å². The van der Waals surface area contributed by atoms with Crippen LogP contribution in [0.25, 0.3) is 0 Å². The molecule has 0 bridgehead atoms. The van der Waals surface area contributed by atoms with Crippen LogP contribution < -0.4 is 15.4 Å². The average Bonchev–Trinajstić information content (AvgIpc) is 2.28. The Balaban J connectivity index is 2.95. The van der Waals surface area contributed by atoms with Gasteiger partial charge >= 0.3 is 0 Å². The number of alkyl halides is 1. The third-order valence-corrected chi connectivity index (χ3v) is 2.42. The van der Waals surface area contributed by atoms with Crippen molar-refractivity contribution in [3.05, 3.63) is 18.2 Å². The lowest BCUT2D eigenvalue weighted by Gasteiger charge is -2.11. The van der Waals surface area contributed by atoms with E-state index in [2.05, 4.69) is 26.6 Å². The van der Waals surface area contributed by atoms with Crippen molar-refractivity contribution >= 4 is 39.1 Å². The Labute approximate surface area is 108 Å². The van der Waals surface area contributed by atoms with Crippen molar-refractivity contribution in [1.82, 2.24) is 0 Å². The second kappa shape index (κ2) is 6.24. The number of hydrogen-bond donors (Lipinski definition) is 2. The minimum absolute atomic E-state index is 0.163. The summed E-state index contributed by atoms with van der Waals surface area (Å²) in [5, 5.41) is 5.51. The van der Waals surface area contributed by atoms with Crippen LogP contribution in [0.3, 0.4) is 0 Å². The highest BCUT2D eigenvalue weighted by Gasteiger charge is 2.07. The molecule has 6 heteroatoms. The van der Waals surface area contributed by atoms with Gasteiger partial charge in [-0.2, -0.15) is 0 Å². The van der Waals surface area contributed by atoms with Gasteiger partial charge < -0.3 is 15.4 Å². The van der Waals surface area contributed by atoms with Crippen LogP contribution in [-0.4, -0.2) is 24.3 Å². The van der Waals surface area contributed by atoms with Crippen LogP contribution >= 0.6 is 15.9 Å². The summed E-state index contributed by atoms with van der Waals surface area (Å²) < 4.78 is 5.10. The molecule has 0 atom stereocenters. The van der Waals surface area contributed by atoms with Gasteiger partial charge in [0, 0.05) is 12.6 Å². The number of rotatable bonds is 4. The van der Waals surface area contributed by atoms with Gasteiger partial charge in [0.05, 0.1) is 18.1 Å². The first-order chi connectivity index (χ1) is 8.06. The molecule has 0 heterocycles. The monoisotopic (exact) mass is 300 g/mol. The van der Waals surface area contributed by atoms with Crippen LogP contribution in [0.2, 0.25) is 0 Å². The summed E-state index contributed by atoms with van der Waals surface area (Å²) >= 11 is 3.05. The summed E-state index contributed by atoms with van der Waals surface area (Å²) in [5.74, 6) is 0.174. The van der Waals surface area contributed by atoms with E-state index in [1.165, 1.54) is 14.0 Å². The lowest BCUT2D eigenvalue weighted by molar-refractivity contribution is -0.114. The molecule has 2 N–H and O–H groups in total. The minimum atomic E-state index is -0.202. The van der Waals surface area contributed by atoms with Gasteiger partial charge in [-0.1, -0.05) is 15.9 Å². The highest BCUT2D eigenvalue weighted by atomic mass is 79.9. The molecule has 0 fully saturated rings. The lowest BCUT2D eigenvalue weighted by Crippen LogP contribution is -2.13. The summed E-state index contributed by atoms with van der Waals surface area (Å²) in [6, 6.07) is 5.01. The van der Waals surface area contributed by atoms with Crippen molar-refractivity contribution in [3.63, 3.8) is 0 Å². The average molecular weight is 301 g/mol. The Bertz CT molecular complexity index is 435. The predicted molar refractivity (Wildman–Crippen MR) is 69.7 cm³/mol. The van der Waals surface area contributed by atoms with Gasteiger partial charge in [0.1, 0.15) is 5.75 Å². The first-order valence-corrected chi connectivity index (χ1v) is 6.00. The predicted octanol–water partition coefficient (Wildman–Crippen LogP) is 1.99. The molecule has 0 aliphatic carbocycles. The summed E-state index contributed by atoms with van der Waals surface area (Å²) in [5.41, 5.74) is 1.12. The van der Waals surface area contributed by atoms with E-state index >= 15 is 0 Å². The zero-order valence-corrected chi connectivity index (χ0v) is 11.1. The fourth-order valence-electron chi connectivity index (χ4n) is 1.27. The number of nitrogens with one attached hydrogen (secondary N) is 2. The molecule has 1 aromatic carbocycles. The Morgan fingerprint density at radius 3 is 2.59 bits per heavy atom. The van der Waals surface area contributed by atoms with E-state index in [9.17, 15) is 9.59 Å². The third kappa shape index (κ3) is 4.07. The zero-order valence-electron chi connectivity index (χ0n) is 9.54. The van der Waals surface area contributed by atoms with Crippen molar-refractivity contribution in [2.45, 2.75) is 6.92 Å². The van der Waals surface area contributed by atoms with E-state index in [0.29, 0.717) is 17.1 Å². The molecular formula is C11H13BrN2O3. The Kier molecular flexibility index (Phi) is 4.96. The normalized spacial score (nSPS) is 9.59. The van der Waals surface area contributed by atoms with E-state index in [-0.39, 0.29) is 17.1 Å². The van der Waals surface area contributed by atoms with Gasteiger partial charge in [-0.15, -0.1) is 0 Å². The first-order valence-electron chi connectivity index (χ1n) is 4.88. The number of halogens is 1. The molecule has 92 valence electrons. The Hall–Kier alpha value is -1.56.